The number of para-hydroxylation sites is 1. The first-order valence-electron chi connectivity index (χ1n) is 7.90. The second-order valence-corrected chi connectivity index (χ2v) is 6.16. The molecule has 0 radical (unpaired) electrons. The molecule has 2 bridgehead atoms. The number of benzene rings is 1. The monoisotopic (exact) mass is 316 g/mol. The van der Waals surface area contributed by atoms with Gasteiger partial charge in [-0.05, 0) is 49.9 Å². The van der Waals surface area contributed by atoms with Gasteiger partial charge in [-0.15, -0.1) is 0 Å². The summed E-state index contributed by atoms with van der Waals surface area (Å²) >= 11 is 0. The molecule has 1 N–H and O–H groups in total. The molecule has 3 saturated heterocycles. The minimum Gasteiger partial charge on any atom is -0.483 e. The van der Waals surface area contributed by atoms with Gasteiger partial charge >= 0.3 is 0 Å². The molecule has 0 unspecified atom stereocenters. The highest BCUT2D eigenvalue weighted by Gasteiger charge is 2.35. The zero-order valence-corrected chi connectivity index (χ0v) is 12.9. The Kier molecular flexibility index (Phi) is 4.71. The van der Waals surface area contributed by atoms with Crippen molar-refractivity contribution in [3.8, 4) is 0 Å². The molecule has 6 heteroatoms. The maximum absolute atomic E-state index is 12.5. The van der Waals surface area contributed by atoms with Crippen LogP contribution in [-0.4, -0.2) is 47.1 Å². The van der Waals surface area contributed by atoms with Crippen molar-refractivity contribution in [1.29, 1.82) is 0 Å². The van der Waals surface area contributed by atoms with E-state index in [0.29, 0.717) is 23.6 Å². The van der Waals surface area contributed by atoms with Crippen molar-refractivity contribution in [3.63, 3.8) is 0 Å². The number of carboxylic acid groups (broad SMARTS) is 1. The fourth-order valence-corrected chi connectivity index (χ4v) is 3.74. The number of carbonyl (C=O) groups excluding carboxylic acids is 1. The summed E-state index contributed by atoms with van der Waals surface area (Å²) in [5.74, 6) is 1.36. The van der Waals surface area contributed by atoms with Crippen LogP contribution >= 0.6 is 0 Å². The number of rotatable bonds is 3. The van der Waals surface area contributed by atoms with Gasteiger partial charge in [-0.3, -0.25) is 9.59 Å². The van der Waals surface area contributed by atoms with Crippen molar-refractivity contribution in [2.75, 3.05) is 19.6 Å². The molecular formula is C17H20N2O4. The van der Waals surface area contributed by atoms with Crippen LogP contribution in [-0.2, 0) is 4.79 Å². The molecule has 1 aromatic heterocycles. The number of aromatic nitrogens is 1. The smallest absolute Gasteiger partial charge is 0.290 e. The van der Waals surface area contributed by atoms with Crippen LogP contribution in [0.15, 0.2) is 28.8 Å². The number of carbonyl (C=O) groups is 2. The van der Waals surface area contributed by atoms with Crippen molar-refractivity contribution in [2.45, 2.75) is 19.3 Å². The highest BCUT2D eigenvalue weighted by molar-refractivity contribution is 6.05. The average molecular weight is 316 g/mol. The molecule has 0 spiro atoms. The number of nitrogens with zero attached hydrogens (tertiary/aromatic N) is 2. The van der Waals surface area contributed by atoms with E-state index in [0.717, 1.165) is 17.8 Å². The lowest BCUT2D eigenvalue weighted by molar-refractivity contribution is -0.122. The largest absolute Gasteiger partial charge is 0.483 e. The maximum atomic E-state index is 12.5. The second-order valence-electron chi connectivity index (χ2n) is 6.16. The summed E-state index contributed by atoms with van der Waals surface area (Å²) in [5.41, 5.74) is 1.21. The minimum absolute atomic E-state index is 0.133. The minimum atomic E-state index is -0.250. The molecule has 1 aromatic carbocycles. The quantitative estimate of drug-likeness (QED) is 0.691. The summed E-state index contributed by atoms with van der Waals surface area (Å²) in [7, 11) is 0. The van der Waals surface area contributed by atoms with Crippen LogP contribution in [0.25, 0.3) is 11.0 Å². The molecular weight excluding hydrogens is 296 g/mol. The first kappa shape index (κ1) is 15.7. The Morgan fingerprint density at radius 1 is 1.35 bits per heavy atom. The van der Waals surface area contributed by atoms with Gasteiger partial charge < -0.3 is 14.5 Å². The molecule has 0 aliphatic carbocycles. The zero-order chi connectivity index (χ0) is 16.2. The third-order valence-corrected chi connectivity index (χ3v) is 4.88. The van der Waals surface area contributed by atoms with Gasteiger partial charge in [-0.2, -0.15) is 0 Å². The predicted molar refractivity (Wildman–Crippen MR) is 84.3 cm³/mol. The SMILES string of the molecule is O=C(C[C@H]1CN2CCC1CC2)c1noc2ccccc12.O=CO. The molecule has 3 aliphatic rings. The Morgan fingerprint density at radius 3 is 2.70 bits per heavy atom. The summed E-state index contributed by atoms with van der Waals surface area (Å²) in [5, 5.41) is 11.7. The van der Waals surface area contributed by atoms with Crippen molar-refractivity contribution in [1.82, 2.24) is 10.1 Å². The van der Waals surface area contributed by atoms with Crippen molar-refractivity contribution in [3.05, 3.63) is 30.0 Å². The first-order valence-corrected chi connectivity index (χ1v) is 7.90. The van der Waals surface area contributed by atoms with Crippen LogP contribution in [0.1, 0.15) is 29.8 Å². The highest BCUT2D eigenvalue weighted by Crippen LogP contribution is 2.35. The van der Waals surface area contributed by atoms with E-state index in [2.05, 4.69) is 10.1 Å². The number of hydrogen-bond acceptors (Lipinski definition) is 5. The number of Topliss-reactive ketones (excluding diaryl/α,β-unsaturated/α-hetero) is 1. The Bertz CT molecular complexity index is 689. The summed E-state index contributed by atoms with van der Waals surface area (Å²) in [6, 6.07) is 7.59. The van der Waals surface area contributed by atoms with Gasteiger partial charge in [-0.25, -0.2) is 0 Å². The molecule has 2 aromatic rings. The van der Waals surface area contributed by atoms with Gasteiger partial charge in [0.2, 0.25) is 0 Å². The number of fused-ring (bicyclic) bond motifs is 4. The van der Waals surface area contributed by atoms with Crippen LogP contribution in [0.2, 0.25) is 0 Å². The molecule has 122 valence electrons. The first-order chi connectivity index (χ1) is 11.2. The fraction of sp³-hybridized carbons (Fsp3) is 0.471. The van der Waals surface area contributed by atoms with E-state index in [9.17, 15) is 4.79 Å². The fourth-order valence-electron chi connectivity index (χ4n) is 3.74. The Labute approximate surface area is 134 Å². The highest BCUT2D eigenvalue weighted by atomic mass is 16.5. The second kappa shape index (κ2) is 6.91. The van der Waals surface area contributed by atoms with E-state index in [1.165, 1.54) is 25.9 Å². The average Bonchev–Trinajstić information content (AvgIpc) is 3.01. The van der Waals surface area contributed by atoms with Crippen LogP contribution < -0.4 is 0 Å². The normalized spacial score (nSPS) is 25.7. The summed E-state index contributed by atoms with van der Waals surface area (Å²) in [6.45, 7) is 3.25. The number of hydrogen-bond donors (Lipinski definition) is 1. The third-order valence-electron chi connectivity index (χ3n) is 4.88. The topological polar surface area (TPSA) is 83.6 Å². The van der Waals surface area contributed by atoms with Crippen LogP contribution in [0, 0.1) is 11.8 Å². The van der Waals surface area contributed by atoms with E-state index in [4.69, 9.17) is 14.4 Å². The molecule has 0 saturated carbocycles. The van der Waals surface area contributed by atoms with E-state index in [1.54, 1.807) is 0 Å². The van der Waals surface area contributed by atoms with Crippen LogP contribution in [0.5, 0.6) is 0 Å². The van der Waals surface area contributed by atoms with E-state index < -0.39 is 0 Å². The Balaban J connectivity index is 0.000000485. The standard InChI is InChI=1S/C16H18N2O2.CH2O2/c19-14(9-12-10-18-7-5-11(12)6-8-18)16-13-3-1-2-4-15(13)20-17-16;2-1-3/h1-4,11-12H,5-10H2;1H,(H,2,3)/t12-;/m0./s1. The lowest BCUT2D eigenvalue weighted by Crippen LogP contribution is -2.47. The molecule has 1 atom stereocenters. The van der Waals surface area contributed by atoms with Gasteiger partial charge in [0.1, 0.15) is 0 Å². The summed E-state index contributed by atoms with van der Waals surface area (Å²) in [6.07, 6.45) is 3.10. The summed E-state index contributed by atoms with van der Waals surface area (Å²) < 4.78 is 5.24. The summed E-state index contributed by atoms with van der Waals surface area (Å²) in [4.78, 5) is 23.4. The van der Waals surface area contributed by atoms with Crippen molar-refractivity contribution < 1.29 is 19.2 Å². The third kappa shape index (κ3) is 3.27. The van der Waals surface area contributed by atoms with E-state index in [1.807, 2.05) is 24.3 Å². The lowest BCUT2D eigenvalue weighted by Gasteiger charge is -2.44. The molecule has 3 fully saturated rings. The lowest BCUT2D eigenvalue weighted by atomic mass is 9.76. The molecule has 6 nitrogen and oxygen atoms in total. The predicted octanol–water partition coefficient (Wildman–Crippen LogP) is 2.44. The van der Waals surface area contributed by atoms with Crippen LogP contribution in [0.3, 0.4) is 0 Å². The van der Waals surface area contributed by atoms with E-state index in [-0.39, 0.29) is 12.3 Å². The van der Waals surface area contributed by atoms with Gasteiger partial charge in [0.25, 0.3) is 6.47 Å². The molecule has 23 heavy (non-hydrogen) atoms. The number of piperidine rings is 3. The maximum Gasteiger partial charge on any atom is 0.290 e. The van der Waals surface area contributed by atoms with Gasteiger partial charge in [0.05, 0.1) is 5.39 Å². The molecule has 5 rings (SSSR count). The number of ketones is 1. The Morgan fingerprint density at radius 2 is 2.04 bits per heavy atom. The molecule has 4 heterocycles. The van der Waals surface area contributed by atoms with Crippen LogP contribution in [0.4, 0.5) is 0 Å². The van der Waals surface area contributed by atoms with Gasteiger partial charge in [0.15, 0.2) is 17.1 Å². The van der Waals surface area contributed by atoms with Crippen molar-refractivity contribution in [2.24, 2.45) is 11.8 Å². The Hall–Kier alpha value is -2.21. The van der Waals surface area contributed by atoms with E-state index >= 15 is 0 Å². The molecule has 3 aliphatic heterocycles. The van der Waals surface area contributed by atoms with Gasteiger partial charge in [0, 0.05) is 13.0 Å². The van der Waals surface area contributed by atoms with Crippen molar-refractivity contribution >= 4 is 23.2 Å². The van der Waals surface area contributed by atoms with Gasteiger partial charge in [-0.1, -0.05) is 17.3 Å². The zero-order valence-electron chi connectivity index (χ0n) is 12.9. The molecule has 0 amide bonds.